The molecule has 0 radical (unpaired) electrons. The van der Waals surface area contributed by atoms with Gasteiger partial charge in [0.15, 0.2) is 5.78 Å². The van der Waals surface area contributed by atoms with Crippen molar-refractivity contribution >= 4 is 17.9 Å². The van der Waals surface area contributed by atoms with Crippen LogP contribution in [-0.4, -0.2) is 22.1 Å². The maximum Gasteiger partial charge on any atom is 0.189 e. The minimum atomic E-state index is -0.358. The Kier molecular flexibility index (Phi) is 6.20. The van der Waals surface area contributed by atoms with Crippen LogP contribution in [0.15, 0.2) is 48.1 Å². The zero-order valence-corrected chi connectivity index (χ0v) is 21.0. The molecule has 1 N–H and O–H groups in total. The Hall–Kier alpha value is -3.27. The molecule has 2 aromatic rings. The van der Waals surface area contributed by atoms with Gasteiger partial charge in [-0.15, -0.1) is 0 Å². The molecule has 0 amide bonds. The summed E-state index contributed by atoms with van der Waals surface area (Å²) in [4.78, 5) is 13.0. The van der Waals surface area contributed by atoms with Crippen molar-refractivity contribution in [3.05, 3.63) is 75.9 Å². The van der Waals surface area contributed by atoms with Gasteiger partial charge in [0.05, 0.1) is 5.56 Å². The van der Waals surface area contributed by atoms with Crippen molar-refractivity contribution in [2.45, 2.75) is 72.0 Å². The Morgan fingerprint density at radius 3 is 2.62 bits per heavy atom. The van der Waals surface area contributed by atoms with Gasteiger partial charge in [0.25, 0.3) is 0 Å². The van der Waals surface area contributed by atoms with E-state index in [-0.39, 0.29) is 22.7 Å². The highest BCUT2D eigenvalue weighted by molar-refractivity contribution is 6.09. The normalized spacial score (nSPS) is 17.4. The average Bonchev–Trinajstić information content (AvgIpc) is 2.75. The first-order valence-corrected chi connectivity index (χ1v) is 11.9. The second-order valence-corrected chi connectivity index (χ2v) is 10.6. The van der Waals surface area contributed by atoms with Gasteiger partial charge in [0.1, 0.15) is 28.5 Å². The summed E-state index contributed by atoms with van der Waals surface area (Å²) in [6.45, 7) is 12.3. The molecule has 2 aromatic carbocycles. The van der Waals surface area contributed by atoms with Gasteiger partial charge in [-0.3, -0.25) is 4.79 Å². The summed E-state index contributed by atoms with van der Waals surface area (Å²) < 4.78 is 12.2. The molecular weight excluding hydrogens is 424 g/mol. The van der Waals surface area contributed by atoms with Crippen LogP contribution < -0.4 is 9.47 Å². The summed E-state index contributed by atoms with van der Waals surface area (Å²) in [5.41, 5.74) is 4.62. The number of phenols is 1. The van der Waals surface area contributed by atoms with Gasteiger partial charge >= 0.3 is 0 Å². The Labute approximate surface area is 202 Å². The monoisotopic (exact) mass is 458 g/mol. The molecule has 0 atom stereocenters. The molecular formula is C30H34O4. The van der Waals surface area contributed by atoms with E-state index in [1.807, 2.05) is 39.8 Å². The molecule has 0 saturated carbocycles. The molecule has 2 aliphatic rings. The molecule has 2 heterocycles. The molecule has 4 heteroatoms. The Morgan fingerprint density at radius 1 is 1.12 bits per heavy atom. The number of ketones is 1. The third-order valence-electron chi connectivity index (χ3n) is 6.27. The Bertz CT molecular complexity index is 1220. The molecule has 0 unspecified atom stereocenters. The quantitative estimate of drug-likeness (QED) is 0.295. The van der Waals surface area contributed by atoms with Gasteiger partial charge in [-0.05, 0) is 108 Å². The van der Waals surface area contributed by atoms with Crippen molar-refractivity contribution in [3.8, 4) is 17.2 Å². The van der Waals surface area contributed by atoms with Gasteiger partial charge in [0.2, 0.25) is 0 Å². The van der Waals surface area contributed by atoms with Crippen LogP contribution in [0.3, 0.4) is 0 Å². The molecule has 0 fully saturated rings. The van der Waals surface area contributed by atoms with Crippen molar-refractivity contribution in [3.63, 3.8) is 0 Å². The lowest BCUT2D eigenvalue weighted by Gasteiger charge is -2.33. The van der Waals surface area contributed by atoms with E-state index in [4.69, 9.17) is 9.47 Å². The largest absolute Gasteiger partial charge is 0.507 e. The van der Waals surface area contributed by atoms with Crippen LogP contribution in [0.2, 0.25) is 0 Å². The summed E-state index contributed by atoms with van der Waals surface area (Å²) in [5.74, 6) is 1.34. The van der Waals surface area contributed by atoms with Gasteiger partial charge in [-0.25, -0.2) is 0 Å². The predicted octanol–water partition coefficient (Wildman–Crippen LogP) is 7.08. The molecule has 0 aromatic heterocycles. The van der Waals surface area contributed by atoms with Crippen molar-refractivity contribution in [2.75, 3.05) is 0 Å². The van der Waals surface area contributed by atoms with Crippen LogP contribution >= 0.6 is 0 Å². The fourth-order valence-corrected chi connectivity index (χ4v) is 4.33. The Balaban J connectivity index is 1.63. The zero-order chi connectivity index (χ0) is 24.7. The highest BCUT2D eigenvalue weighted by atomic mass is 16.5. The number of carbonyl (C=O) groups excluding carboxylic acids is 1. The molecule has 0 spiro atoms. The standard InChI is InChI=1S/C30H34O4/c1-19(2)7-9-21-17-20(18-22-13-15-30(5,6)34-28(21)22)8-11-25(31)23-10-12-26-24(27(23)32)14-16-29(3,4)33-26/h7-8,10-13,15,17-18,32H,9,14,16H2,1-6H3. The number of aromatic hydroxyl groups is 1. The minimum absolute atomic E-state index is 0.0240. The smallest absolute Gasteiger partial charge is 0.189 e. The van der Waals surface area contributed by atoms with Gasteiger partial charge in [-0.1, -0.05) is 23.8 Å². The minimum Gasteiger partial charge on any atom is -0.507 e. The predicted molar refractivity (Wildman–Crippen MR) is 138 cm³/mol. The summed E-state index contributed by atoms with van der Waals surface area (Å²) in [6, 6.07) is 7.53. The van der Waals surface area contributed by atoms with Crippen molar-refractivity contribution in [1.82, 2.24) is 0 Å². The highest BCUT2D eigenvalue weighted by Gasteiger charge is 2.30. The Morgan fingerprint density at radius 2 is 1.88 bits per heavy atom. The van der Waals surface area contributed by atoms with Crippen molar-refractivity contribution in [2.24, 2.45) is 0 Å². The maximum atomic E-state index is 13.0. The average molecular weight is 459 g/mol. The number of allylic oxidation sites excluding steroid dienone is 3. The first-order valence-electron chi connectivity index (χ1n) is 11.9. The molecule has 0 bridgehead atoms. The second kappa shape index (κ2) is 8.83. The number of phenolic OH excluding ortho intramolecular Hbond substituents is 1. The fraction of sp³-hybridized carbons (Fsp3) is 0.367. The zero-order valence-electron chi connectivity index (χ0n) is 21.0. The lowest BCUT2D eigenvalue weighted by atomic mass is 9.91. The molecule has 0 saturated heterocycles. The van der Waals surface area contributed by atoms with E-state index < -0.39 is 0 Å². The lowest BCUT2D eigenvalue weighted by Crippen LogP contribution is -2.32. The van der Waals surface area contributed by atoms with Gasteiger partial charge in [-0.2, -0.15) is 0 Å². The molecule has 34 heavy (non-hydrogen) atoms. The van der Waals surface area contributed by atoms with Crippen LogP contribution in [0, 0.1) is 0 Å². The topological polar surface area (TPSA) is 55.8 Å². The lowest BCUT2D eigenvalue weighted by molar-refractivity contribution is 0.0836. The summed E-state index contributed by atoms with van der Waals surface area (Å²) in [6.07, 6.45) is 11.9. The summed E-state index contributed by atoms with van der Waals surface area (Å²) in [5, 5.41) is 10.8. The van der Waals surface area contributed by atoms with Gasteiger partial charge < -0.3 is 14.6 Å². The third-order valence-corrected chi connectivity index (χ3v) is 6.27. The number of hydrogen-bond acceptors (Lipinski definition) is 4. The fourth-order valence-electron chi connectivity index (χ4n) is 4.33. The number of ether oxygens (including phenoxy) is 2. The van der Waals surface area contributed by atoms with E-state index in [0.29, 0.717) is 23.3 Å². The molecule has 2 aliphatic heterocycles. The molecule has 0 aliphatic carbocycles. The van der Waals surface area contributed by atoms with Crippen LogP contribution in [0.1, 0.15) is 80.6 Å². The number of carbonyl (C=O) groups is 1. The van der Waals surface area contributed by atoms with E-state index in [1.54, 1.807) is 18.2 Å². The SMILES string of the molecule is CC(C)=CCc1cc(C=CC(=O)c2ccc3c(c2O)CCC(C)(C)O3)cc2c1OC(C)(C)C=C2. The third kappa shape index (κ3) is 5.11. The van der Waals surface area contributed by atoms with Crippen molar-refractivity contribution < 1.29 is 19.4 Å². The first-order chi connectivity index (χ1) is 15.9. The summed E-state index contributed by atoms with van der Waals surface area (Å²) in [7, 11) is 0. The van der Waals surface area contributed by atoms with E-state index in [1.165, 1.54) is 11.6 Å². The van der Waals surface area contributed by atoms with Crippen LogP contribution in [-0.2, 0) is 12.8 Å². The van der Waals surface area contributed by atoms with E-state index in [2.05, 4.69) is 32.1 Å². The van der Waals surface area contributed by atoms with Crippen molar-refractivity contribution in [1.29, 1.82) is 0 Å². The number of hydrogen-bond donors (Lipinski definition) is 1. The van der Waals surface area contributed by atoms with Crippen LogP contribution in [0.4, 0.5) is 0 Å². The summed E-state index contributed by atoms with van der Waals surface area (Å²) >= 11 is 0. The van der Waals surface area contributed by atoms with Gasteiger partial charge in [0, 0.05) is 11.1 Å². The maximum absolute atomic E-state index is 13.0. The molecule has 4 rings (SSSR count). The molecule has 178 valence electrons. The van der Waals surface area contributed by atoms with E-state index in [9.17, 15) is 9.90 Å². The van der Waals surface area contributed by atoms with Crippen LogP contribution in [0.25, 0.3) is 12.2 Å². The second-order valence-electron chi connectivity index (χ2n) is 10.6. The van der Waals surface area contributed by atoms with E-state index >= 15 is 0 Å². The molecule has 4 nitrogen and oxygen atoms in total. The highest BCUT2D eigenvalue weighted by Crippen LogP contribution is 2.40. The van der Waals surface area contributed by atoms with E-state index in [0.717, 1.165) is 35.3 Å². The van der Waals surface area contributed by atoms with Crippen LogP contribution in [0.5, 0.6) is 17.2 Å². The first kappa shape index (κ1) is 23.9. The number of benzene rings is 2. The number of fused-ring (bicyclic) bond motifs is 2. The number of rotatable bonds is 5.